The van der Waals surface area contributed by atoms with E-state index in [2.05, 4.69) is 26.6 Å². The van der Waals surface area contributed by atoms with E-state index in [1.807, 2.05) is 59.0 Å². The summed E-state index contributed by atoms with van der Waals surface area (Å²) in [6.07, 6.45) is 0. The van der Waals surface area contributed by atoms with Crippen LogP contribution in [0, 0.1) is 0 Å². The van der Waals surface area contributed by atoms with Gasteiger partial charge in [0.15, 0.2) is 13.1 Å². The van der Waals surface area contributed by atoms with Crippen LogP contribution < -0.4 is 15.5 Å². The van der Waals surface area contributed by atoms with E-state index >= 15 is 0 Å². The van der Waals surface area contributed by atoms with Gasteiger partial charge in [0.05, 0.1) is 13.1 Å². The Hall–Kier alpha value is -1.40. The topological polar surface area (TPSA) is 62.6 Å². The zero-order chi connectivity index (χ0) is 17.6. The van der Waals surface area contributed by atoms with Gasteiger partial charge in [-0.1, -0.05) is 28.1 Å². The van der Waals surface area contributed by atoms with Gasteiger partial charge in [-0.05, 0) is 45.4 Å². The largest absolute Gasteiger partial charge is 0.347 e. The highest BCUT2D eigenvalue weighted by atomic mass is 79.9. The molecule has 0 saturated heterocycles. The number of carbonyl (C=O) groups excluding carboxylic acids is 2. The van der Waals surface area contributed by atoms with Crippen LogP contribution >= 0.6 is 15.9 Å². The van der Waals surface area contributed by atoms with Crippen LogP contribution in [0.2, 0.25) is 0 Å². The maximum atomic E-state index is 12.1. The lowest BCUT2D eigenvalue weighted by atomic mass is 10.1. The number of rotatable bonds is 6. The zero-order valence-corrected chi connectivity index (χ0v) is 16.1. The average Bonchev–Trinajstić information content (AvgIpc) is 2.36. The van der Waals surface area contributed by atoms with Crippen LogP contribution in [-0.4, -0.2) is 37.5 Å². The number of hydrogen-bond acceptors (Lipinski definition) is 2. The summed E-state index contributed by atoms with van der Waals surface area (Å²) in [6, 6.07) is 7.79. The van der Waals surface area contributed by atoms with E-state index in [4.69, 9.17) is 0 Å². The van der Waals surface area contributed by atoms with Gasteiger partial charge in [0.1, 0.15) is 0 Å². The molecule has 0 heterocycles. The fourth-order valence-electron chi connectivity index (χ4n) is 2.20. The molecule has 1 rings (SSSR count). The Morgan fingerprint density at radius 2 is 1.65 bits per heavy atom. The third kappa shape index (κ3) is 8.13. The number of nitrogens with one attached hydrogen (secondary N) is 3. The molecule has 1 aromatic carbocycles. The van der Waals surface area contributed by atoms with E-state index in [9.17, 15) is 9.59 Å². The molecule has 2 atom stereocenters. The van der Waals surface area contributed by atoms with Gasteiger partial charge in [0.25, 0.3) is 11.8 Å². The van der Waals surface area contributed by atoms with Gasteiger partial charge in [0, 0.05) is 10.0 Å². The lowest BCUT2D eigenvalue weighted by Gasteiger charge is -2.22. The van der Waals surface area contributed by atoms with Gasteiger partial charge in [-0.15, -0.1) is 0 Å². The number of quaternary nitrogens is 1. The van der Waals surface area contributed by atoms with E-state index in [0.717, 1.165) is 14.9 Å². The average molecular weight is 385 g/mol. The standard InChI is InChI=1S/C17H26BrN3O2/c1-12(13-6-8-14(18)9-7-13)19-15(22)10-21(5)11-16(23)20-17(2,3)4/h6-9,12H,10-11H2,1-5H3,(H,19,22)(H,20,23)/p+1/t12-/m1/s1. The Bertz CT molecular complexity index is 538. The third-order valence-electron chi connectivity index (χ3n) is 3.19. The molecule has 0 radical (unpaired) electrons. The van der Waals surface area contributed by atoms with Crippen LogP contribution in [0.5, 0.6) is 0 Å². The summed E-state index contributed by atoms with van der Waals surface area (Å²) in [5.41, 5.74) is 0.792. The SMILES string of the molecule is C[C@@H](NC(=O)C[NH+](C)CC(=O)NC(C)(C)C)c1ccc(Br)cc1. The Balaban J connectivity index is 2.43. The second-order valence-corrected chi connectivity index (χ2v) is 7.87. The second kappa shape index (κ2) is 8.45. The summed E-state index contributed by atoms with van der Waals surface area (Å²) in [6.45, 7) is 8.30. The highest BCUT2D eigenvalue weighted by Crippen LogP contribution is 2.16. The predicted octanol–water partition coefficient (Wildman–Crippen LogP) is 1.06. The molecule has 5 nitrogen and oxygen atoms in total. The first kappa shape index (κ1) is 19.6. The molecule has 0 aromatic heterocycles. The summed E-state index contributed by atoms with van der Waals surface area (Å²) >= 11 is 3.39. The van der Waals surface area contributed by atoms with Gasteiger partial charge in [-0.2, -0.15) is 0 Å². The van der Waals surface area contributed by atoms with Gasteiger partial charge in [-0.25, -0.2) is 0 Å². The molecular weight excluding hydrogens is 358 g/mol. The van der Waals surface area contributed by atoms with E-state index in [1.165, 1.54) is 0 Å². The van der Waals surface area contributed by atoms with Crippen molar-refractivity contribution in [1.29, 1.82) is 0 Å². The molecule has 0 fully saturated rings. The van der Waals surface area contributed by atoms with Crippen molar-refractivity contribution < 1.29 is 14.5 Å². The summed E-state index contributed by atoms with van der Waals surface area (Å²) < 4.78 is 1.01. The first-order chi connectivity index (χ1) is 10.6. The molecule has 0 aliphatic carbocycles. The number of likely N-dealkylation sites (N-methyl/N-ethyl adjacent to an activating group) is 1. The number of hydrogen-bond donors (Lipinski definition) is 3. The van der Waals surface area contributed by atoms with Crippen LogP contribution in [0.3, 0.4) is 0 Å². The van der Waals surface area contributed by atoms with Crippen molar-refractivity contribution in [3.63, 3.8) is 0 Å². The van der Waals surface area contributed by atoms with Crippen molar-refractivity contribution >= 4 is 27.7 Å². The molecule has 2 amide bonds. The summed E-state index contributed by atoms with van der Waals surface area (Å²) in [5.74, 6) is -0.120. The monoisotopic (exact) mass is 384 g/mol. The molecule has 0 aliphatic heterocycles. The molecule has 128 valence electrons. The van der Waals surface area contributed by atoms with Crippen LogP contribution in [0.15, 0.2) is 28.7 Å². The van der Waals surface area contributed by atoms with E-state index in [-0.39, 0.29) is 36.5 Å². The van der Waals surface area contributed by atoms with Crippen LogP contribution in [-0.2, 0) is 9.59 Å². The molecule has 1 aromatic rings. The first-order valence-corrected chi connectivity index (χ1v) is 8.53. The number of carbonyl (C=O) groups is 2. The Morgan fingerprint density at radius 1 is 1.13 bits per heavy atom. The normalized spacial score (nSPS) is 14.0. The summed E-state index contributed by atoms with van der Waals surface area (Å²) in [4.78, 5) is 24.8. The fourth-order valence-corrected chi connectivity index (χ4v) is 2.46. The third-order valence-corrected chi connectivity index (χ3v) is 3.72. The second-order valence-electron chi connectivity index (χ2n) is 6.95. The zero-order valence-electron chi connectivity index (χ0n) is 14.5. The van der Waals surface area contributed by atoms with Gasteiger partial charge < -0.3 is 15.5 Å². The molecule has 6 heteroatoms. The number of benzene rings is 1. The van der Waals surface area contributed by atoms with E-state index in [0.29, 0.717) is 0 Å². The van der Waals surface area contributed by atoms with Crippen molar-refractivity contribution in [1.82, 2.24) is 10.6 Å². The highest BCUT2D eigenvalue weighted by Gasteiger charge is 2.19. The lowest BCUT2D eigenvalue weighted by Crippen LogP contribution is -3.11. The molecule has 0 aliphatic rings. The molecule has 1 unspecified atom stereocenters. The van der Waals surface area contributed by atoms with Crippen LogP contribution in [0.4, 0.5) is 0 Å². The summed E-state index contributed by atoms with van der Waals surface area (Å²) in [5, 5.41) is 5.86. The van der Waals surface area contributed by atoms with Crippen molar-refractivity contribution in [2.45, 2.75) is 39.3 Å². The van der Waals surface area contributed by atoms with Crippen LogP contribution in [0.1, 0.15) is 39.3 Å². The minimum atomic E-state index is -0.254. The maximum Gasteiger partial charge on any atom is 0.275 e. The van der Waals surface area contributed by atoms with Crippen molar-refractivity contribution in [2.24, 2.45) is 0 Å². The Morgan fingerprint density at radius 3 is 2.17 bits per heavy atom. The molecule has 3 N–H and O–H groups in total. The van der Waals surface area contributed by atoms with Crippen molar-refractivity contribution in [2.75, 3.05) is 20.1 Å². The molecule has 23 heavy (non-hydrogen) atoms. The minimum absolute atomic E-state index is 0.0521. The quantitative estimate of drug-likeness (QED) is 0.686. The first-order valence-electron chi connectivity index (χ1n) is 7.74. The fraction of sp³-hybridized carbons (Fsp3) is 0.529. The number of amides is 2. The highest BCUT2D eigenvalue weighted by molar-refractivity contribution is 9.10. The predicted molar refractivity (Wildman–Crippen MR) is 95.2 cm³/mol. The van der Waals surface area contributed by atoms with Crippen molar-refractivity contribution in [3.05, 3.63) is 34.3 Å². The van der Waals surface area contributed by atoms with Gasteiger partial charge in [-0.3, -0.25) is 9.59 Å². The lowest BCUT2D eigenvalue weighted by molar-refractivity contribution is -0.862. The molecule has 0 bridgehead atoms. The smallest absolute Gasteiger partial charge is 0.275 e. The maximum absolute atomic E-state index is 12.1. The van der Waals surface area contributed by atoms with Gasteiger partial charge >= 0.3 is 0 Å². The molecule has 0 spiro atoms. The van der Waals surface area contributed by atoms with Gasteiger partial charge in [0.2, 0.25) is 0 Å². The van der Waals surface area contributed by atoms with Crippen molar-refractivity contribution in [3.8, 4) is 0 Å². The van der Waals surface area contributed by atoms with E-state index < -0.39 is 0 Å². The number of halogens is 1. The Labute approximate surface area is 146 Å². The Kier molecular flexibility index (Phi) is 7.22. The molecule has 0 saturated carbocycles. The van der Waals surface area contributed by atoms with Crippen LogP contribution in [0.25, 0.3) is 0 Å². The minimum Gasteiger partial charge on any atom is -0.347 e. The summed E-state index contributed by atoms with van der Waals surface area (Å²) in [7, 11) is 1.84. The molecular formula is C17H27BrN3O2+. The van der Waals surface area contributed by atoms with E-state index in [1.54, 1.807) is 0 Å².